The fraction of sp³-hybridized carbons (Fsp3) is 0.138. The van der Waals surface area contributed by atoms with Crippen LogP contribution < -0.4 is 24.4 Å². The molecule has 0 saturated carbocycles. The van der Waals surface area contributed by atoms with E-state index < -0.39 is 11.9 Å². The van der Waals surface area contributed by atoms with Gasteiger partial charge >= 0.3 is 5.97 Å². The van der Waals surface area contributed by atoms with Crippen LogP contribution >= 0.6 is 0 Å². The lowest BCUT2D eigenvalue weighted by atomic mass is 10.1. The number of benzene rings is 4. The third-order valence-corrected chi connectivity index (χ3v) is 5.29. The van der Waals surface area contributed by atoms with Crippen LogP contribution in [0, 0.1) is 0 Å². The zero-order valence-electron chi connectivity index (χ0n) is 20.5. The number of rotatable bonds is 10. The van der Waals surface area contributed by atoms with Gasteiger partial charge in [-0.3, -0.25) is 4.79 Å². The van der Waals surface area contributed by atoms with Crippen molar-refractivity contribution in [1.29, 1.82) is 0 Å². The standard InChI is InChI=1S/C29H26N2O6/c1-3-35-24-12-10-22(11-13-24)29(33)37-26-15-8-20(16-27(26)34-2)18-30-31-28(32)19-36-25-14-9-21-6-4-5-7-23(21)17-25/h4-18H,3,19H2,1-2H3,(H,31,32)/b30-18-. The van der Waals surface area contributed by atoms with Gasteiger partial charge < -0.3 is 18.9 Å². The Morgan fingerprint density at radius 2 is 1.59 bits per heavy atom. The Morgan fingerprint density at radius 3 is 2.35 bits per heavy atom. The van der Waals surface area contributed by atoms with Gasteiger partial charge in [-0.2, -0.15) is 5.10 Å². The molecule has 4 aromatic rings. The van der Waals surface area contributed by atoms with Crippen molar-refractivity contribution in [2.75, 3.05) is 20.3 Å². The van der Waals surface area contributed by atoms with E-state index in [0.717, 1.165) is 10.8 Å². The van der Waals surface area contributed by atoms with E-state index in [-0.39, 0.29) is 12.4 Å². The van der Waals surface area contributed by atoms with Crippen LogP contribution in [0.3, 0.4) is 0 Å². The highest BCUT2D eigenvalue weighted by atomic mass is 16.6. The molecule has 0 spiro atoms. The molecule has 0 fully saturated rings. The largest absolute Gasteiger partial charge is 0.494 e. The Kier molecular flexibility index (Phi) is 8.33. The second kappa shape index (κ2) is 12.2. The molecule has 0 aliphatic heterocycles. The van der Waals surface area contributed by atoms with Crippen LogP contribution in [0.4, 0.5) is 0 Å². The molecule has 4 aromatic carbocycles. The quantitative estimate of drug-likeness (QED) is 0.143. The topological polar surface area (TPSA) is 95.5 Å². The summed E-state index contributed by atoms with van der Waals surface area (Å²) >= 11 is 0. The van der Waals surface area contributed by atoms with Crippen molar-refractivity contribution >= 4 is 28.9 Å². The van der Waals surface area contributed by atoms with Gasteiger partial charge in [-0.25, -0.2) is 10.2 Å². The van der Waals surface area contributed by atoms with Crippen molar-refractivity contribution in [2.45, 2.75) is 6.92 Å². The van der Waals surface area contributed by atoms with Crippen molar-refractivity contribution in [3.63, 3.8) is 0 Å². The predicted molar refractivity (Wildman–Crippen MR) is 141 cm³/mol. The summed E-state index contributed by atoms with van der Waals surface area (Å²) in [5, 5.41) is 6.08. The average molecular weight is 499 g/mol. The smallest absolute Gasteiger partial charge is 0.343 e. The monoisotopic (exact) mass is 498 g/mol. The molecule has 4 rings (SSSR count). The number of carbonyl (C=O) groups is 2. The van der Waals surface area contributed by atoms with Crippen LogP contribution in [-0.2, 0) is 4.79 Å². The van der Waals surface area contributed by atoms with Crippen LogP contribution in [0.2, 0.25) is 0 Å². The highest BCUT2D eigenvalue weighted by Crippen LogP contribution is 2.28. The minimum absolute atomic E-state index is 0.181. The Labute approximate surface area is 214 Å². The fourth-order valence-corrected chi connectivity index (χ4v) is 3.48. The van der Waals surface area contributed by atoms with E-state index in [9.17, 15) is 9.59 Å². The summed E-state index contributed by atoms with van der Waals surface area (Å²) in [5.74, 6) is 0.935. The summed E-state index contributed by atoms with van der Waals surface area (Å²) in [6, 6.07) is 25.1. The molecule has 0 aromatic heterocycles. The van der Waals surface area contributed by atoms with E-state index in [0.29, 0.717) is 35.0 Å². The number of fused-ring (bicyclic) bond motifs is 1. The number of hydrazone groups is 1. The number of carbonyl (C=O) groups excluding carboxylic acids is 2. The van der Waals surface area contributed by atoms with Gasteiger partial charge in [0.2, 0.25) is 0 Å². The number of esters is 1. The highest BCUT2D eigenvalue weighted by Gasteiger charge is 2.13. The van der Waals surface area contributed by atoms with Gasteiger partial charge in [-0.15, -0.1) is 0 Å². The van der Waals surface area contributed by atoms with Gasteiger partial charge in [0.05, 0.1) is 25.5 Å². The molecule has 37 heavy (non-hydrogen) atoms. The molecule has 0 aliphatic rings. The number of nitrogens with one attached hydrogen (secondary N) is 1. The van der Waals surface area contributed by atoms with E-state index in [1.54, 1.807) is 42.5 Å². The van der Waals surface area contributed by atoms with Gasteiger partial charge in [0.15, 0.2) is 18.1 Å². The minimum atomic E-state index is -0.526. The van der Waals surface area contributed by atoms with Crippen LogP contribution in [0.25, 0.3) is 10.8 Å². The number of ether oxygens (including phenoxy) is 4. The Hall–Kier alpha value is -4.85. The van der Waals surface area contributed by atoms with E-state index in [1.807, 2.05) is 49.4 Å². The average Bonchev–Trinajstić information content (AvgIpc) is 2.93. The normalized spacial score (nSPS) is 10.8. The van der Waals surface area contributed by atoms with E-state index >= 15 is 0 Å². The second-order valence-electron chi connectivity index (χ2n) is 7.85. The molecule has 0 atom stereocenters. The summed E-state index contributed by atoms with van der Waals surface area (Å²) < 4.78 is 21.8. The predicted octanol–water partition coefficient (Wildman–Crippen LogP) is 5.00. The number of methoxy groups -OCH3 is 1. The van der Waals surface area contributed by atoms with Gasteiger partial charge in [0.25, 0.3) is 5.91 Å². The van der Waals surface area contributed by atoms with Crippen LogP contribution in [0.15, 0.2) is 90.0 Å². The fourth-order valence-electron chi connectivity index (χ4n) is 3.48. The molecule has 0 radical (unpaired) electrons. The van der Waals surface area contributed by atoms with Crippen LogP contribution in [0.5, 0.6) is 23.0 Å². The summed E-state index contributed by atoms with van der Waals surface area (Å²) in [6.07, 6.45) is 1.45. The molecule has 8 nitrogen and oxygen atoms in total. The first-order valence-corrected chi connectivity index (χ1v) is 11.6. The summed E-state index contributed by atoms with van der Waals surface area (Å²) in [5.41, 5.74) is 3.44. The Balaban J connectivity index is 1.31. The minimum Gasteiger partial charge on any atom is -0.494 e. The third-order valence-electron chi connectivity index (χ3n) is 5.29. The van der Waals surface area contributed by atoms with Crippen molar-refractivity contribution in [3.8, 4) is 23.0 Å². The first-order valence-electron chi connectivity index (χ1n) is 11.6. The number of amides is 1. The zero-order chi connectivity index (χ0) is 26.0. The highest BCUT2D eigenvalue weighted by molar-refractivity contribution is 5.92. The summed E-state index contributed by atoms with van der Waals surface area (Å²) in [4.78, 5) is 24.6. The SMILES string of the molecule is CCOc1ccc(C(=O)Oc2ccc(/C=N\NC(=O)COc3ccc4ccccc4c3)cc2OC)cc1. The molecule has 0 heterocycles. The van der Waals surface area contributed by atoms with E-state index in [4.69, 9.17) is 18.9 Å². The molecule has 0 aliphatic carbocycles. The maximum Gasteiger partial charge on any atom is 0.343 e. The lowest BCUT2D eigenvalue weighted by molar-refractivity contribution is -0.123. The van der Waals surface area contributed by atoms with Gasteiger partial charge in [0.1, 0.15) is 11.5 Å². The maximum atomic E-state index is 12.5. The van der Waals surface area contributed by atoms with Crippen molar-refractivity contribution in [1.82, 2.24) is 5.43 Å². The summed E-state index contributed by atoms with van der Waals surface area (Å²) in [6.45, 7) is 2.25. The number of hydrogen-bond acceptors (Lipinski definition) is 7. The molecule has 1 N–H and O–H groups in total. The van der Waals surface area contributed by atoms with Crippen LogP contribution in [-0.4, -0.2) is 38.4 Å². The molecular weight excluding hydrogens is 472 g/mol. The molecule has 188 valence electrons. The molecule has 8 heteroatoms. The molecule has 0 bridgehead atoms. The lowest BCUT2D eigenvalue weighted by Crippen LogP contribution is -2.24. The first kappa shape index (κ1) is 25.2. The number of hydrogen-bond donors (Lipinski definition) is 1. The van der Waals surface area contributed by atoms with Crippen molar-refractivity contribution in [2.24, 2.45) is 5.10 Å². The molecular formula is C29H26N2O6. The molecule has 0 saturated heterocycles. The van der Waals surface area contributed by atoms with Gasteiger partial charge in [-0.1, -0.05) is 30.3 Å². The molecule has 0 unspecified atom stereocenters. The van der Waals surface area contributed by atoms with Crippen LogP contribution in [0.1, 0.15) is 22.8 Å². The Bertz CT molecular complexity index is 1420. The van der Waals surface area contributed by atoms with E-state index in [2.05, 4.69) is 10.5 Å². The lowest BCUT2D eigenvalue weighted by Gasteiger charge is -2.10. The van der Waals surface area contributed by atoms with E-state index in [1.165, 1.54) is 13.3 Å². The van der Waals surface area contributed by atoms with Crippen molar-refractivity contribution in [3.05, 3.63) is 96.1 Å². The van der Waals surface area contributed by atoms with Gasteiger partial charge in [0, 0.05) is 0 Å². The second-order valence-corrected chi connectivity index (χ2v) is 7.85. The van der Waals surface area contributed by atoms with Gasteiger partial charge in [-0.05, 0) is 77.9 Å². The first-order chi connectivity index (χ1) is 18.1. The van der Waals surface area contributed by atoms with Crippen molar-refractivity contribution < 1.29 is 28.5 Å². The molecule has 1 amide bonds. The Morgan fingerprint density at radius 1 is 0.838 bits per heavy atom. The maximum absolute atomic E-state index is 12.5. The summed E-state index contributed by atoms with van der Waals surface area (Å²) in [7, 11) is 1.47. The third kappa shape index (κ3) is 6.85. The zero-order valence-corrected chi connectivity index (χ0v) is 20.5. The number of nitrogens with zero attached hydrogens (tertiary/aromatic N) is 1.